The zero-order chi connectivity index (χ0) is 11.1. The van der Waals surface area contributed by atoms with E-state index in [0.29, 0.717) is 12.3 Å². The Bertz CT molecular complexity index is 351. The van der Waals surface area contributed by atoms with E-state index in [0.717, 1.165) is 5.69 Å². The van der Waals surface area contributed by atoms with Gasteiger partial charge in [-0.25, -0.2) is 9.79 Å². The first-order chi connectivity index (χ1) is 7.26. The highest BCUT2D eigenvalue weighted by Gasteiger charge is 2.01. The molecule has 0 fully saturated rings. The van der Waals surface area contributed by atoms with E-state index < -0.39 is 0 Å². The van der Waals surface area contributed by atoms with Crippen molar-refractivity contribution in [3.63, 3.8) is 0 Å². The topological polar surface area (TPSA) is 53.5 Å². The van der Waals surface area contributed by atoms with Crippen LogP contribution in [0.4, 0.5) is 10.5 Å². The Morgan fingerprint density at radius 1 is 1.40 bits per heavy atom. The molecule has 0 bridgehead atoms. The fraction of sp³-hybridized carbons (Fsp3) is 0.200. The van der Waals surface area contributed by atoms with Crippen molar-refractivity contribution >= 4 is 30.4 Å². The van der Waals surface area contributed by atoms with Gasteiger partial charge in [0, 0.05) is 6.42 Å². The maximum Gasteiger partial charge on any atom is 0.329 e. The number of urea groups is 1. The molecular weight excluding hydrogens is 210 g/mol. The number of thiol groups is 1. The fourth-order valence-corrected chi connectivity index (χ4v) is 1.07. The molecule has 4 nitrogen and oxygen atoms in total. The summed E-state index contributed by atoms with van der Waals surface area (Å²) >= 11 is 3.64. The van der Waals surface area contributed by atoms with Crippen molar-refractivity contribution in [2.24, 2.45) is 4.99 Å². The first-order valence-corrected chi connectivity index (χ1v) is 5.04. The van der Waals surface area contributed by atoms with E-state index >= 15 is 0 Å². The largest absolute Gasteiger partial charge is 0.329 e. The van der Waals surface area contributed by atoms with Gasteiger partial charge in [0.25, 0.3) is 0 Å². The van der Waals surface area contributed by atoms with Crippen molar-refractivity contribution in [3.8, 4) is 0 Å². The van der Waals surface area contributed by atoms with E-state index in [1.807, 2.05) is 37.3 Å². The maximum absolute atomic E-state index is 11.0. The molecule has 2 amide bonds. The van der Waals surface area contributed by atoms with Gasteiger partial charge in [0.1, 0.15) is 5.84 Å². The molecule has 5 heteroatoms. The number of rotatable bonds is 2. The van der Waals surface area contributed by atoms with Crippen molar-refractivity contribution in [2.75, 3.05) is 0 Å². The van der Waals surface area contributed by atoms with Crippen molar-refractivity contribution in [1.29, 1.82) is 0 Å². The quantitative estimate of drug-likeness (QED) is 0.402. The minimum atomic E-state index is -0.380. The number of amidine groups is 1. The summed E-state index contributed by atoms with van der Waals surface area (Å²) in [6.45, 7) is 1.92. The zero-order valence-corrected chi connectivity index (χ0v) is 9.29. The monoisotopic (exact) mass is 223 g/mol. The smallest absolute Gasteiger partial charge is 0.295 e. The Morgan fingerprint density at radius 2 is 2.07 bits per heavy atom. The Labute approximate surface area is 94.3 Å². The highest BCUT2D eigenvalue weighted by Crippen LogP contribution is 2.10. The van der Waals surface area contributed by atoms with Crippen LogP contribution in [0.1, 0.15) is 13.3 Å². The molecule has 0 radical (unpaired) electrons. The van der Waals surface area contributed by atoms with Gasteiger partial charge in [-0.15, -0.1) is 0 Å². The average Bonchev–Trinajstić information content (AvgIpc) is 2.29. The van der Waals surface area contributed by atoms with E-state index in [2.05, 4.69) is 27.8 Å². The number of nitrogens with zero attached hydrogens (tertiary/aromatic N) is 1. The molecule has 1 rings (SSSR count). The summed E-state index contributed by atoms with van der Waals surface area (Å²) in [7, 11) is 0. The third-order valence-electron chi connectivity index (χ3n) is 1.71. The van der Waals surface area contributed by atoms with Gasteiger partial charge in [0.05, 0.1) is 5.69 Å². The maximum atomic E-state index is 11.0. The lowest BCUT2D eigenvalue weighted by Crippen LogP contribution is -2.34. The number of para-hydroxylation sites is 1. The molecule has 0 aliphatic rings. The van der Waals surface area contributed by atoms with Gasteiger partial charge in [-0.05, 0) is 12.1 Å². The summed E-state index contributed by atoms with van der Waals surface area (Å²) < 4.78 is 2.18. The third kappa shape index (κ3) is 4.03. The van der Waals surface area contributed by atoms with E-state index in [1.54, 1.807) is 0 Å². The summed E-state index contributed by atoms with van der Waals surface area (Å²) in [6.07, 6.45) is 0.649. The molecule has 2 N–H and O–H groups in total. The third-order valence-corrected chi connectivity index (χ3v) is 1.92. The Hall–Kier alpha value is -1.49. The molecule has 0 heterocycles. The van der Waals surface area contributed by atoms with Crippen LogP contribution < -0.4 is 10.0 Å². The molecule has 15 heavy (non-hydrogen) atoms. The lowest BCUT2D eigenvalue weighted by molar-refractivity contribution is 0.250. The van der Waals surface area contributed by atoms with Crippen molar-refractivity contribution in [3.05, 3.63) is 30.3 Å². The van der Waals surface area contributed by atoms with Crippen LogP contribution in [0.25, 0.3) is 0 Å². The number of aliphatic imine (C=N–C) groups is 1. The van der Waals surface area contributed by atoms with Gasteiger partial charge >= 0.3 is 6.03 Å². The van der Waals surface area contributed by atoms with Crippen LogP contribution in [-0.2, 0) is 0 Å². The lowest BCUT2D eigenvalue weighted by Gasteiger charge is -2.05. The van der Waals surface area contributed by atoms with Crippen LogP contribution in [0.5, 0.6) is 0 Å². The second kappa shape index (κ2) is 6.08. The normalized spacial score (nSPS) is 10.9. The van der Waals surface area contributed by atoms with E-state index in [1.165, 1.54) is 0 Å². The van der Waals surface area contributed by atoms with E-state index in [9.17, 15) is 4.79 Å². The van der Waals surface area contributed by atoms with Crippen LogP contribution in [0.3, 0.4) is 0 Å². The van der Waals surface area contributed by atoms with Gasteiger partial charge in [0.15, 0.2) is 0 Å². The SMILES string of the molecule is CCC(=Nc1ccccc1)NC(=O)NS. The summed E-state index contributed by atoms with van der Waals surface area (Å²) in [5.41, 5.74) is 0.814. The van der Waals surface area contributed by atoms with Gasteiger partial charge in [-0.2, -0.15) is 0 Å². The van der Waals surface area contributed by atoms with Crippen molar-refractivity contribution < 1.29 is 4.79 Å². The highest BCUT2D eigenvalue weighted by molar-refractivity contribution is 7.78. The molecule has 0 unspecified atom stereocenters. The molecule has 1 aromatic rings. The van der Waals surface area contributed by atoms with Gasteiger partial charge in [0.2, 0.25) is 0 Å². The van der Waals surface area contributed by atoms with Crippen LogP contribution in [0.2, 0.25) is 0 Å². The predicted molar refractivity (Wildman–Crippen MR) is 64.5 cm³/mol. The lowest BCUT2D eigenvalue weighted by atomic mass is 10.3. The fourth-order valence-electron chi connectivity index (χ4n) is 1.01. The summed E-state index contributed by atoms with van der Waals surface area (Å²) in [5, 5.41) is 2.59. The predicted octanol–water partition coefficient (Wildman–Crippen LogP) is 2.27. The van der Waals surface area contributed by atoms with E-state index in [-0.39, 0.29) is 6.03 Å². The van der Waals surface area contributed by atoms with Gasteiger partial charge in [-0.1, -0.05) is 37.9 Å². The number of carbonyl (C=O) groups is 1. The van der Waals surface area contributed by atoms with Gasteiger partial charge in [-0.3, -0.25) is 10.0 Å². The average molecular weight is 223 g/mol. The van der Waals surface area contributed by atoms with Gasteiger partial charge < -0.3 is 0 Å². The molecule has 0 saturated carbocycles. The van der Waals surface area contributed by atoms with Crippen molar-refractivity contribution in [2.45, 2.75) is 13.3 Å². The number of nitrogens with one attached hydrogen (secondary N) is 2. The first kappa shape index (κ1) is 11.6. The number of hydrogen-bond acceptors (Lipinski definition) is 3. The summed E-state index contributed by atoms with van der Waals surface area (Å²) in [4.78, 5) is 15.3. The minimum Gasteiger partial charge on any atom is -0.295 e. The Kier molecular flexibility index (Phi) is 4.70. The van der Waals surface area contributed by atoms with Crippen LogP contribution in [-0.4, -0.2) is 11.9 Å². The molecule has 0 atom stereocenters. The molecule has 0 aliphatic heterocycles. The summed E-state index contributed by atoms with van der Waals surface area (Å²) in [5.74, 6) is 0.604. The second-order valence-electron chi connectivity index (χ2n) is 2.81. The van der Waals surface area contributed by atoms with Crippen LogP contribution >= 0.6 is 12.8 Å². The van der Waals surface area contributed by atoms with Crippen LogP contribution in [0, 0.1) is 0 Å². The molecule has 0 saturated heterocycles. The zero-order valence-electron chi connectivity index (χ0n) is 8.40. The standard InChI is InChI=1S/C10H13N3OS/c1-2-9(12-10(14)13-15)11-8-6-4-3-5-7-8/h3-7,15H,2H2,1H3,(H2,11,12,13,14). The molecule has 80 valence electrons. The number of hydrogen-bond donors (Lipinski definition) is 3. The highest BCUT2D eigenvalue weighted by atomic mass is 32.1. The first-order valence-electron chi connectivity index (χ1n) is 4.60. The van der Waals surface area contributed by atoms with Crippen LogP contribution in [0.15, 0.2) is 35.3 Å². The van der Waals surface area contributed by atoms with Crippen molar-refractivity contribution in [1.82, 2.24) is 10.0 Å². The molecule has 1 aromatic carbocycles. The Morgan fingerprint density at radius 3 is 2.60 bits per heavy atom. The minimum absolute atomic E-state index is 0.380. The molecular formula is C10H13N3OS. The Balaban J connectivity index is 2.74. The van der Waals surface area contributed by atoms with E-state index in [4.69, 9.17) is 0 Å². The molecule has 0 aliphatic carbocycles. The molecule has 0 spiro atoms. The number of amides is 2. The number of benzene rings is 1. The number of carbonyl (C=O) groups excluding carboxylic acids is 1. The second-order valence-corrected chi connectivity index (χ2v) is 3.04. The summed E-state index contributed by atoms with van der Waals surface area (Å²) in [6, 6.07) is 9.06. The molecule has 0 aromatic heterocycles.